The highest BCUT2D eigenvalue weighted by atomic mass is 14.7. The summed E-state index contributed by atoms with van der Waals surface area (Å²) in [6.45, 7) is 59.7. The van der Waals surface area contributed by atoms with Gasteiger partial charge in [-0.25, -0.2) is 0 Å². The molecule has 5 rings (SSSR count). The highest BCUT2D eigenvalue weighted by Gasteiger charge is 2.62. The molecule has 1 nitrogen and oxygen atoms in total. The van der Waals surface area contributed by atoms with Crippen molar-refractivity contribution in [1.29, 1.82) is 0 Å². The maximum absolute atomic E-state index is 4.78. The highest BCUT2D eigenvalue weighted by molar-refractivity contribution is 6.05. The molecule has 2 aliphatic rings. The van der Waals surface area contributed by atoms with E-state index in [2.05, 4.69) is 255 Å². The smallest absolute Gasteiger partial charge is 0.0392 e. The van der Waals surface area contributed by atoms with Crippen LogP contribution >= 0.6 is 0 Å². The highest BCUT2D eigenvalue weighted by Crippen LogP contribution is 2.69. The van der Waals surface area contributed by atoms with Gasteiger partial charge in [-0.2, -0.15) is 0 Å². The Bertz CT molecular complexity index is 2920. The van der Waals surface area contributed by atoms with Crippen LogP contribution in [0.3, 0.4) is 0 Å². The molecule has 0 amide bonds. The van der Waals surface area contributed by atoms with Crippen molar-refractivity contribution in [2.75, 3.05) is 7.05 Å². The van der Waals surface area contributed by atoms with Crippen LogP contribution in [-0.2, 0) is 6.42 Å². The fourth-order valence-electron chi connectivity index (χ4n) is 13.3. The zero-order valence-electron chi connectivity index (χ0n) is 53.7. The summed E-state index contributed by atoms with van der Waals surface area (Å²) in [7, 11) is 1.89. The van der Waals surface area contributed by atoms with Gasteiger partial charge in [0.25, 0.3) is 0 Å². The predicted molar refractivity (Wildman–Crippen MR) is 352 cm³/mol. The standard InChI is InChI=1S/C71H93N.C3H8.C2H6/c1-23-25-26-30-45(3)54(12)61-41-51(9)67(65(43-61)59(17)72-22)55(13)46(4)35-37-52(10)71(69(18,19)39-40-70(71,20)21)53(11)38-36-47(5)56(14)68-60(24-2)42-62(66-49(7)32-29-33-50(66)8)44-64(68)58(16)57(15)63-34-28-27-31-48(63)6;1-3-2;1-2/h23,25-32,34-38,41-44,50,53H,13,24,33,39-40H2,1-12,14-22H3;3H2,1-2H3;1-2H3/b25-23?,30-26-,38-36-,46-35-,52-37+,54-45+,56-47+,58-57+,72-59?;;. The molecule has 2 atom stereocenters. The van der Waals surface area contributed by atoms with E-state index in [0.717, 1.165) is 29.7 Å². The number of aryl methyl sites for hydroxylation is 3. The summed E-state index contributed by atoms with van der Waals surface area (Å²) in [4.78, 5) is 4.71. The molecule has 0 aromatic heterocycles. The normalized spacial score (nSPS) is 18.9. The quantitative estimate of drug-likeness (QED) is 0.0770. The Labute approximate surface area is 474 Å². The van der Waals surface area contributed by atoms with E-state index in [-0.39, 0.29) is 22.2 Å². The minimum atomic E-state index is -0.0951. The third kappa shape index (κ3) is 14.4. The van der Waals surface area contributed by atoms with Gasteiger partial charge in [0.05, 0.1) is 0 Å². The Morgan fingerprint density at radius 3 is 1.86 bits per heavy atom. The lowest BCUT2D eigenvalue weighted by Gasteiger charge is -2.54. The number of hydrogen-bond acceptors (Lipinski definition) is 1. The molecule has 416 valence electrons. The number of benzene rings is 3. The van der Waals surface area contributed by atoms with Crippen LogP contribution in [0.2, 0.25) is 0 Å². The lowest BCUT2D eigenvalue weighted by molar-refractivity contribution is 0.0131. The number of nitrogens with zero attached hydrogens (tertiary/aromatic N) is 1. The summed E-state index contributed by atoms with van der Waals surface area (Å²) in [5.74, 6) is 0.749. The first kappa shape index (κ1) is 65.8. The van der Waals surface area contributed by atoms with Crippen molar-refractivity contribution < 1.29 is 0 Å². The first-order valence-corrected chi connectivity index (χ1v) is 29.5. The Morgan fingerprint density at radius 1 is 0.714 bits per heavy atom. The van der Waals surface area contributed by atoms with Gasteiger partial charge >= 0.3 is 0 Å². The van der Waals surface area contributed by atoms with Gasteiger partial charge in [0.2, 0.25) is 0 Å². The zero-order chi connectivity index (χ0) is 58.3. The second-order valence-corrected chi connectivity index (χ2v) is 23.7. The molecule has 0 heterocycles. The van der Waals surface area contributed by atoms with Gasteiger partial charge in [0.1, 0.15) is 0 Å². The van der Waals surface area contributed by atoms with Crippen molar-refractivity contribution in [3.05, 3.63) is 199 Å². The maximum Gasteiger partial charge on any atom is 0.0392 e. The summed E-state index contributed by atoms with van der Waals surface area (Å²) in [5, 5.41) is 0. The van der Waals surface area contributed by atoms with Crippen molar-refractivity contribution >= 4 is 39.2 Å². The van der Waals surface area contributed by atoms with Crippen molar-refractivity contribution in [1.82, 2.24) is 0 Å². The second kappa shape index (κ2) is 28.9. The number of aliphatic imine (C=N–C) groups is 1. The largest absolute Gasteiger partial charge is 0.293 e. The van der Waals surface area contributed by atoms with Crippen LogP contribution in [0.4, 0.5) is 0 Å². The minimum Gasteiger partial charge on any atom is -0.293 e. The lowest BCUT2D eigenvalue weighted by atomic mass is 9.49. The van der Waals surface area contributed by atoms with Gasteiger partial charge in [-0.15, -0.1) is 0 Å². The molecule has 2 aliphatic carbocycles. The van der Waals surface area contributed by atoms with Crippen LogP contribution in [0.15, 0.2) is 149 Å². The van der Waals surface area contributed by atoms with Crippen LogP contribution in [0.25, 0.3) is 33.4 Å². The monoisotopic (exact) mass is 1030 g/mol. The minimum absolute atomic E-state index is 0.0672. The maximum atomic E-state index is 4.78. The van der Waals surface area contributed by atoms with E-state index in [0.29, 0.717) is 5.92 Å². The van der Waals surface area contributed by atoms with Gasteiger partial charge in [0, 0.05) is 23.7 Å². The molecule has 3 aromatic carbocycles. The van der Waals surface area contributed by atoms with E-state index in [1.165, 1.54) is 125 Å². The summed E-state index contributed by atoms with van der Waals surface area (Å²) >= 11 is 0. The predicted octanol–water partition coefficient (Wildman–Crippen LogP) is 23.4. The molecule has 1 saturated carbocycles. The molecule has 1 fully saturated rings. The first-order valence-electron chi connectivity index (χ1n) is 29.5. The van der Waals surface area contributed by atoms with Crippen molar-refractivity contribution in [3.8, 4) is 0 Å². The SMILES string of the molecule is C=C(/C(C)=C\C=C(/C)C1(C(C)/C=C\C(C)=C(/C)c2c(CC)cc(C3=C(C)C=CCC3C)cc2/C(C)=C(\C)c2ccccc2C)C(C)(C)CCC1(C)C)c1c(C)cc(/C(C)=C(C)/C=C\C=CC)cc1C(C)=NC.CC.CCC. The van der Waals surface area contributed by atoms with Crippen molar-refractivity contribution in [2.45, 2.75) is 198 Å². The molecule has 0 saturated heterocycles. The molecular formula is C76H107N. The third-order valence-corrected chi connectivity index (χ3v) is 17.7. The van der Waals surface area contributed by atoms with Gasteiger partial charge in [0.15, 0.2) is 0 Å². The third-order valence-electron chi connectivity index (χ3n) is 17.7. The summed E-state index contributed by atoms with van der Waals surface area (Å²) in [5.41, 5.74) is 28.4. The van der Waals surface area contributed by atoms with Crippen LogP contribution in [0, 0.1) is 41.9 Å². The molecule has 0 aliphatic heterocycles. The Balaban J connectivity index is 0.00000301. The van der Waals surface area contributed by atoms with Gasteiger partial charge in [-0.3, -0.25) is 4.99 Å². The summed E-state index contributed by atoms with van der Waals surface area (Å²) in [6, 6.07) is 18.5. The number of rotatable bonds is 16. The molecular weight excluding hydrogens is 927 g/mol. The Morgan fingerprint density at radius 2 is 1.30 bits per heavy atom. The molecule has 0 radical (unpaired) electrons. The summed E-state index contributed by atoms with van der Waals surface area (Å²) in [6.07, 6.45) is 28.6. The van der Waals surface area contributed by atoms with Crippen LogP contribution in [0.1, 0.15) is 234 Å². The Hall–Kier alpha value is -5.53. The first-order chi connectivity index (χ1) is 36.2. The second-order valence-electron chi connectivity index (χ2n) is 23.7. The fourth-order valence-corrected chi connectivity index (χ4v) is 13.3. The van der Waals surface area contributed by atoms with Gasteiger partial charge in [-0.1, -0.05) is 192 Å². The number of allylic oxidation sites excluding steroid dienone is 21. The van der Waals surface area contributed by atoms with E-state index in [4.69, 9.17) is 11.6 Å². The van der Waals surface area contributed by atoms with E-state index < -0.39 is 0 Å². The van der Waals surface area contributed by atoms with Crippen molar-refractivity contribution in [2.24, 2.45) is 33.1 Å². The molecule has 1 heteroatoms. The lowest BCUT2D eigenvalue weighted by Crippen LogP contribution is -2.48. The van der Waals surface area contributed by atoms with Crippen LogP contribution in [-0.4, -0.2) is 12.8 Å². The fraction of sp³-hybridized carbons (Fsp3) is 0.461. The zero-order valence-corrected chi connectivity index (χ0v) is 53.7. The summed E-state index contributed by atoms with van der Waals surface area (Å²) < 4.78 is 0. The molecule has 2 unspecified atom stereocenters. The number of hydrogen-bond donors (Lipinski definition) is 0. The van der Waals surface area contributed by atoms with Crippen LogP contribution in [0.5, 0.6) is 0 Å². The van der Waals surface area contributed by atoms with Crippen molar-refractivity contribution in [3.63, 3.8) is 0 Å². The average Bonchev–Trinajstić information content (AvgIpc) is 3.63. The molecule has 77 heavy (non-hydrogen) atoms. The molecule has 0 bridgehead atoms. The van der Waals surface area contributed by atoms with E-state index in [9.17, 15) is 0 Å². The Kier molecular flexibility index (Phi) is 24.7. The van der Waals surface area contributed by atoms with Gasteiger partial charge < -0.3 is 0 Å². The van der Waals surface area contributed by atoms with Crippen LogP contribution < -0.4 is 0 Å². The van der Waals surface area contributed by atoms with E-state index in [1.54, 1.807) is 0 Å². The van der Waals surface area contributed by atoms with E-state index in [1.807, 2.05) is 27.8 Å². The molecule has 0 spiro atoms. The average molecular weight is 1030 g/mol. The topological polar surface area (TPSA) is 12.4 Å². The molecule has 0 N–H and O–H groups in total. The van der Waals surface area contributed by atoms with E-state index >= 15 is 0 Å². The molecule has 3 aromatic rings. The van der Waals surface area contributed by atoms with Gasteiger partial charge in [-0.05, 0) is 256 Å².